The molecule has 0 aliphatic carbocycles. The first-order valence-electron chi connectivity index (χ1n) is 13.4. The Kier molecular flexibility index (Phi) is 10.1. The van der Waals surface area contributed by atoms with E-state index in [0.29, 0.717) is 30.3 Å². The van der Waals surface area contributed by atoms with Crippen molar-refractivity contribution in [2.45, 2.75) is 44.6 Å². The van der Waals surface area contributed by atoms with Crippen LogP contribution in [-0.4, -0.2) is 62.7 Å². The van der Waals surface area contributed by atoms with Gasteiger partial charge < -0.3 is 25.0 Å². The molecule has 0 bridgehead atoms. The first kappa shape index (κ1) is 29.9. The largest absolute Gasteiger partial charge is 0.492 e. The summed E-state index contributed by atoms with van der Waals surface area (Å²) in [5.41, 5.74) is 1.00. The second kappa shape index (κ2) is 13.5. The number of nitrogens with zero attached hydrogens (tertiary/aromatic N) is 3. The second-order valence-corrected chi connectivity index (χ2v) is 12.2. The molecule has 0 saturated carbocycles. The number of piperidine rings is 1. The van der Waals surface area contributed by atoms with Gasteiger partial charge in [0.1, 0.15) is 27.5 Å². The van der Waals surface area contributed by atoms with Crippen molar-refractivity contribution in [3.05, 3.63) is 53.7 Å². The summed E-state index contributed by atoms with van der Waals surface area (Å²) in [5, 5.41) is 6.48. The Morgan fingerprint density at radius 2 is 1.85 bits per heavy atom. The molecule has 0 amide bonds. The fraction of sp³-hybridized carbons (Fsp3) is 0.429. The standard InChI is InChI=1S/C28H37ClN6O4S/c1-5-38-25-16-21(39-20-12-14-35(4)15-13-20)10-11-23(25)33-28-30-18-22(29)27(34-28)32-24-8-6-7-9-26(24)40(36,37)31-17-19(2)3/h6-11,16,18-20,31H,5,12-15,17H2,1-4H3,(H2,30,32,33,34). The maximum Gasteiger partial charge on any atom is 0.242 e. The Morgan fingerprint density at radius 3 is 2.58 bits per heavy atom. The number of halogens is 1. The average molecular weight is 589 g/mol. The molecule has 3 aromatic rings. The number of benzene rings is 2. The Hall–Kier alpha value is -3.12. The lowest BCUT2D eigenvalue weighted by Crippen LogP contribution is -2.35. The van der Waals surface area contributed by atoms with Crippen LogP contribution in [0, 0.1) is 5.92 Å². The number of nitrogens with one attached hydrogen (secondary N) is 3. The van der Waals surface area contributed by atoms with Crippen LogP contribution in [-0.2, 0) is 10.0 Å². The monoisotopic (exact) mass is 588 g/mol. The lowest BCUT2D eigenvalue weighted by molar-refractivity contribution is 0.114. The van der Waals surface area contributed by atoms with E-state index < -0.39 is 10.0 Å². The molecule has 10 nitrogen and oxygen atoms in total. The summed E-state index contributed by atoms with van der Waals surface area (Å²) in [6.45, 7) is 8.61. The van der Waals surface area contributed by atoms with Gasteiger partial charge in [-0.1, -0.05) is 37.6 Å². The van der Waals surface area contributed by atoms with Gasteiger partial charge in [0.05, 0.1) is 24.2 Å². The normalized spacial score (nSPS) is 14.8. The van der Waals surface area contributed by atoms with Gasteiger partial charge in [0, 0.05) is 25.7 Å². The molecule has 2 aromatic carbocycles. The minimum Gasteiger partial charge on any atom is -0.492 e. The van der Waals surface area contributed by atoms with E-state index in [1.807, 2.05) is 39.0 Å². The highest BCUT2D eigenvalue weighted by Crippen LogP contribution is 2.34. The van der Waals surface area contributed by atoms with Crippen molar-refractivity contribution in [2.75, 3.05) is 43.9 Å². The van der Waals surface area contributed by atoms with Crippen LogP contribution in [0.3, 0.4) is 0 Å². The number of para-hydroxylation sites is 1. The topological polar surface area (TPSA) is 118 Å². The molecule has 1 aliphatic heterocycles. The Morgan fingerprint density at radius 1 is 1.10 bits per heavy atom. The van der Waals surface area contributed by atoms with Gasteiger partial charge in [-0.2, -0.15) is 4.98 Å². The van der Waals surface area contributed by atoms with Gasteiger partial charge in [0.2, 0.25) is 16.0 Å². The molecule has 1 aliphatic rings. The van der Waals surface area contributed by atoms with Crippen molar-refractivity contribution in [1.82, 2.24) is 19.6 Å². The molecule has 40 heavy (non-hydrogen) atoms. The minimum absolute atomic E-state index is 0.0960. The van der Waals surface area contributed by atoms with Crippen LogP contribution < -0.4 is 24.8 Å². The SMILES string of the molecule is CCOc1cc(OC2CCN(C)CC2)ccc1Nc1ncc(Cl)c(Nc2ccccc2S(=O)(=O)NCC(C)C)n1. The zero-order valence-electron chi connectivity index (χ0n) is 23.3. The summed E-state index contributed by atoms with van der Waals surface area (Å²) in [6.07, 6.45) is 3.58. The fourth-order valence-electron chi connectivity index (χ4n) is 4.17. The number of hydrogen-bond donors (Lipinski definition) is 3. The van der Waals surface area contributed by atoms with E-state index in [-0.39, 0.29) is 33.7 Å². The first-order valence-corrected chi connectivity index (χ1v) is 15.3. The van der Waals surface area contributed by atoms with Crippen molar-refractivity contribution in [3.63, 3.8) is 0 Å². The van der Waals surface area contributed by atoms with Gasteiger partial charge in [-0.3, -0.25) is 0 Å². The molecular weight excluding hydrogens is 552 g/mol. The van der Waals surface area contributed by atoms with Crippen LogP contribution in [0.2, 0.25) is 5.02 Å². The zero-order chi connectivity index (χ0) is 28.7. The van der Waals surface area contributed by atoms with Gasteiger partial charge in [0.15, 0.2) is 5.82 Å². The molecule has 12 heteroatoms. The summed E-state index contributed by atoms with van der Waals surface area (Å²) in [6, 6.07) is 12.2. The molecule has 1 fully saturated rings. The number of aromatic nitrogens is 2. The van der Waals surface area contributed by atoms with Gasteiger partial charge >= 0.3 is 0 Å². The molecule has 0 spiro atoms. The van der Waals surface area contributed by atoms with E-state index in [9.17, 15) is 8.42 Å². The third kappa shape index (κ3) is 7.97. The van der Waals surface area contributed by atoms with E-state index in [1.165, 1.54) is 12.3 Å². The highest BCUT2D eigenvalue weighted by atomic mass is 35.5. The van der Waals surface area contributed by atoms with Gasteiger partial charge in [-0.25, -0.2) is 18.1 Å². The van der Waals surface area contributed by atoms with Gasteiger partial charge in [-0.15, -0.1) is 0 Å². The highest BCUT2D eigenvalue weighted by molar-refractivity contribution is 7.89. The molecule has 0 atom stereocenters. The number of sulfonamides is 1. The summed E-state index contributed by atoms with van der Waals surface area (Å²) in [5.74, 6) is 2.03. The van der Waals surface area contributed by atoms with E-state index >= 15 is 0 Å². The molecule has 4 rings (SSSR count). The molecular formula is C28H37ClN6O4S. The summed E-state index contributed by atoms with van der Waals surface area (Å²) in [4.78, 5) is 11.2. The number of anilines is 4. The predicted octanol–water partition coefficient (Wildman–Crippen LogP) is 5.42. The summed E-state index contributed by atoms with van der Waals surface area (Å²) >= 11 is 6.40. The lowest BCUT2D eigenvalue weighted by atomic mass is 10.1. The quantitative estimate of drug-likeness (QED) is 0.255. The van der Waals surface area contributed by atoms with E-state index in [2.05, 4.69) is 37.3 Å². The molecule has 1 saturated heterocycles. The Labute approximate surface area is 241 Å². The second-order valence-electron chi connectivity index (χ2n) is 10.1. The maximum atomic E-state index is 13.0. The van der Waals surface area contributed by atoms with E-state index in [0.717, 1.165) is 31.7 Å². The number of rotatable bonds is 12. The third-order valence-electron chi connectivity index (χ3n) is 6.32. The van der Waals surface area contributed by atoms with E-state index in [4.69, 9.17) is 21.1 Å². The third-order valence-corrected chi connectivity index (χ3v) is 8.08. The Bertz CT molecular complexity index is 1400. The van der Waals surface area contributed by atoms with Gasteiger partial charge in [-0.05, 0) is 57.0 Å². The Balaban J connectivity index is 1.53. The van der Waals surface area contributed by atoms with Crippen molar-refractivity contribution in [1.29, 1.82) is 0 Å². The summed E-state index contributed by atoms with van der Waals surface area (Å²) in [7, 11) is -1.63. The number of likely N-dealkylation sites (tertiary alicyclic amines) is 1. The molecule has 3 N–H and O–H groups in total. The molecule has 0 radical (unpaired) electrons. The molecule has 216 valence electrons. The van der Waals surface area contributed by atoms with Crippen LogP contribution >= 0.6 is 11.6 Å². The van der Waals surface area contributed by atoms with Crippen LogP contribution in [0.4, 0.5) is 23.1 Å². The minimum atomic E-state index is -3.75. The number of hydrogen-bond acceptors (Lipinski definition) is 9. The summed E-state index contributed by atoms with van der Waals surface area (Å²) < 4.78 is 40.6. The fourth-order valence-corrected chi connectivity index (χ4v) is 5.68. The molecule has 1 aromatic heterocycles. The predicted molar refractivity (Wildman–Crippen MR) is 159 cm³/mol. The maximum absolute atomic E-state index is 13.0. The smallest absolute Gasteiger partial charge is 0.242 e. The lowest BCUT2D eigenvalue weighted by Gasteiger charge is -2.29. The van der Waals surface area contributed by atoms with E-state index in [1.54, 1.807) is 18.2 Å². The van der Waals surface area contributed by atoms with Crippen molar-refractivity contribution in [3.8, 4) is 11.5 Å². The van der Waals surface area contributed by atoms with Crippen molar-refractivity contribution in [2.24, 2.45) is 5.92 Å². The first-order chi connectivity index (χ1) is 19.1. The highest BCUT2D eigenvalue weighted by Gasteiger charge is 2.21. The molecule has 2 heterocycles. The van der Waals surface area contributed by atoms with Crippen LogP contribution in [0.1, 0.15) is 33.6 Å². The van der Waals surface area contributed by atoms with Crippen molar-refractivity contribution < 1.29 is 17.9 Å². The number of ether oxygens (including phenoxy) is 2. The zero-order valence-corrected chi connectivity index (χ0v) is 24.8. The van der Waals surface area contributed by atoms with Crippen molar-refractivity contribution >= 4 is 44.8 Å². The van der Waals surface area contributed by atoms with Crippen LogP contribution in [0.25, 0.3) is 0 Å². The van der Waals surface area contributed by atoms with Crippen LogP contribution in [0.15, 0.2) is 53.6 Å². The van der Waals surface area contributed by atoms with Gasteiger partial charge in [0.25, 0.3) is 0 Å². The average Bonchev–Trinajstić information content (AvgIpc) is 2.92. The van der Waals surface area contributed by atoms with Crippen LogP contribution in [0.5, 0.6) is 11.5 Å². The molecule has 0 unspecified atom stereocenters.